The Balaban J connectivity index is 2.95. The number of rotatable bonds is 8. The van der Waals surface area contributed by atoms with Crippen LogP contribution in [0.15, 0.2) is 12.1 Å². The molecular weight excluding hydrogens is 254 g/mol. The molecule has 0 radical (unpaired) electrons. The van der Waals surface area contributed by atoms with Crippen molar-refractivity contribution >= 4 is 23.0 Å². The highest BCUT2D eigenvalue weighted by molar-refractivity contribution is 7.80. The quantitative estimate of drug-likeness (QED) is 0.740. The first-order valence-corrected chi connectivity index (χ1v) is 7.52. The van der Waals surface area contributed by atoms with Gasteiger partial charge in [0.2, 0.25) is 0 Å². The Hall–Kier alpha value is -1.16. The van der Waals surface area contributed by atoms with Crippen LogP contribution >= 0.6 is 12.2 Å². The fourth-order valence-corrected chi connectivity index (χ4v) is 2.11. The molecule has 2 N–H and O–H groups in total. The largest absolute Gasteiger partial charge is 0.389 e. The summed E-state index contributed by atoms with van der Waals surface area (Å²) in [6.45, 7) is 8.50. The predicted octanol–water partition coefficient (Wildman–Crippen LogP) is 3.43. The Morgan fingerprint density at radius 1 is 1.21 bits per heavy atom. The van der Waals surface area contributed by atoms with Crippen LogP contribution in [0.4, 0.5) is 5.82 Å². The Morgan fingerprint density at radius 2 is 1.79 bits per heavy atom. The first-order valence-electron chi connectivity index (χ1n) is 7.11. The van der Waals surface area contributed by atoms with Gasteiger partial charge in [-0.2, -0.15) is 0 Å². The number of thiocarbonyl (C=S) groups is 1. The van der Waals surface area contributed by atoms with Crippen LogP contribution in [0.5, 0.6) is 0 Å². The zero-order chi connectivity index (χ0) is 14.3. The summed E-state index contributed by atoms with van der Waals surface area (Å²) in [7, 11) is 0. The van der Waals surface area contributed by atoms with Gasteiger partial charge in [0.05, 0.1) is 0 Å². The molecule has 0 saturated heterocycles. The smallest absolute Gasteiger partial charge is 0.129 e. The van der Waals surface area contributed by atoms with Crippen molar-refractivity contribution in [3.05, 3.63) is 23.4 Å². The van der Waals surface area contributed by atoms with E-state index in [1.54, 1.807) is 0 Å². The van der Waals surface area contributed by atoms with Crippen LogP contribution < -0.4 is 10.6 Å². The van der Waals surface area contributed by atoms with Gasteiger partial charge in [-0.25, -0.2) is 4.98 Å². The second-order valence-corrected chi connectivity index (χ2v) is 5.35. The average molecular weight is 279 g/mol. The standard InChI is InChI=1S/C15H25N3S/c1-4-6-8-18(9-7-5-2)14-11-13(15(16)19)10-12(3)17-14/h10-11H,4-9H2,1-3H3,(H2,16,19). The summed E-state index contributed by atoms with van der Waals surface area (Å²) in [6.07, 6.45) is 4.75. The summed E-state index contributed by atoms with van der Waals surface area (Å²) >= 11 is 5.07. The highest BCUT2D eigenvalue weighted by Crippen LogP contribution is 2.16. The Labute approximate surface area is 122 Å². The molecule has 1 heterocycles. The second kappa shape index (κ2) is 8.10. The van der Waals surface area contributed by atoms with Gasteiger partial charge >= 0.3 is 0 Å². The molecule has 1 aromatic rings. The van der Waals surface area contributed by atoms with Crippen LogP contribution in [-0.4, -0.2) is 23.1 Å². The molecule has 1 rings (SSSR count). The van der Waals surface area contributed by atoms with E-state index in [9.17, 15) is 0 Å². The zero-order valence-corrected chi connectivity index (χ0v) is 13.1. The van der Waals surface area contributed by atoms with Crippen LogP contribution in [0.2, 0.25) is 0 Å². The number of anilines is 1. The molecule has 4 heteroatoms. The third-order valence-corrected chi connectivity index (χ3v) is 3.35. The summed E-state index contributed by atoms with van der Waals surface area (Å²) in [5.74, 6) is 1.00. The van der Waals surface area contributed by atoms with E-state index in [1.807, 2.05) is 19.1 Å². The van der Waals surface area contributed by atoms with Crippen molar-refractivity contribution in [2.45, 2.75) is 46.5 Å². The summed E-state index contributed by atoms with van der Waals surface area (Å²) in [5, 5.41) is 0. The Morgan fingerprint density at radius 3 is 2.26 bits per heavy atom. The summed E-state index contributed by atoms with van der Waals surface area (Å²) in [4.78, 5) is 7.42. The lowest BCUT2D eigenvalue weighted by molar-refractivity contribution is 0.670. The highest BCUT2D eigenvalue weighted by Gasteiger charge is 2.10. The van der Waals surface area contributed by atoms with Crippen molar-refractivity contribution in [2.75, 3.05) is 18.0 Å². The van der Waals surface area contributed by atoms with Crippen molar-refractivity contribution in [3.63, 3.8) is 0 Å². The number of aromatic nitrogens is 1. The van der Waals surface area contributed by atoms with Gasteiger partial charge in [-0.3, -0.25) is 0 Å². The highest BCUT2D eigenvalue weighted by atomic mass is 32.1. The molecule has 0 spiro atoms. The van der Waals surface area contributed by atoms with Gasteiger partial charge in [-0.15, -0.1) is 0 Å². The molecule has 0 unspecified atom stereocenters. The maximum atomic E-state index is 5.74. The van der Waals surface area contributed by atoms with E-state index < -0.39 is 0 Å². The lowest BCUT2D eigenvalue weighted by Gasteiger charge is -2.24. The molecule has 106 valence electrons. The Kier molecular flexibility index (Phi) is 6.78. The van der Waals surface area contributed by atoms with E-state index in [1.165, 1.54) is 25.7 Å². The maximum absolute atomic E-state index is 5.74. The lowest BCUT2D eigenvalue weighted by atomic mass is 10.2. The number of nitrogens with two attached hydrogens (primary N) is 1. The first kappa shape index (κ1) is 15.9. The summed E-state index contributed by atoms with van der Waals surface area (Å²) in [5.41, 5.74) is 7.62. The van der Waals surface area contributed by atoms with E-state index >= 15 is 0 Å². The summed E-state index contributed by atoms with van der Waals surface area (Å²) in [6, 6.07) is 3.96. The van der Waals surface area contributed by atoms with Gasteiger partial charge in [-0.1, -0.05) is 38.9 Å². The third kappa shape index (κ3) is 5.15. The second-order valence-electron chi connectivity index (χ2n) is 4.91. The minimum Gasteiger partial charge on any atom is -0.389 e. The number of aryl methyl sites for hydroxylation is 1. The number of hydrogen-bond acceptors (Lipinski definition) is 3. The fourth-order valence-electron chi connectivity index (χ4n) is 1.99. The van der Waals surface area contributed by atoms with E-state index in [2.05, 4.69) is 23.7 Å². The molecular formula is C15H25N3S. The van der Waals surface area contributed by atoms with Gasteiger partial charge in [-0.05, 0) is 31.9 Å². The van der Waals surface area contributed by atoms with Crippen molar-refractivity contribution in [1.82, 2.24) is 4.98 Å². The van der Waals surface area contributed by atoms with Crippen LogP contribution in [0.1, 0.15) is 50.8 Å². The first-order chi connectivity index (χ1) is 9.08. The van der Waals surface area contributed by atoms with Gasteiger partial charge in [0, 0.05) is 24.3 Å². The van der Waals surface area contributed by atoms with E-state index in [0.717, 1.165) is 30.2 Å². The van der Waals surface area contributed by atoms with E-state index in [4.69, 9.17) is 18.0 Å². The monoisotopic (exact) mass is 279 g/mol. The van der Waals surface area contributed by atoms with Gasteiger partial charge in [0.25, 0.3) is 0 Å². The number of hydrogen-bond donors (Lipinski definition) is 1. The molecule has 0 aliphatic heterocycles. The van der Waals surface area contributed by atoms with E-state index in [-0.39, 0.29) is 0 Å². The fraction of sp³-hybridized carbons (Fsp3) is 0.600. The third-order valence-electron chi connectivity index (χ3n) is 3.11. The van der Waals surface area contributed by atoms with Crippen molar-refractivity contribution < 1.29 is 0 Å². The normalized spacial score (nSPS) is 10.5. The molecule has 19 heavy (non-hydrogen) atoms. The minimum absolute atomic E-state index is 0.442. The van der Waals surface area contributed by atoms with Gasteiger partial charge in [0.1, 0.15) is 10.8 Å². The molecule has 0 fully saturated rings. The molecule has 1 aromatic heterocycles. The topological polar surface area (TPSA) is 42.1 Å². The SMILES string of the molecule is CCCCN(CCCC)c1cc(C(N)=S)cc(C)n1. The molecule has 0 bridgehead atoms. The van der Waals surface area contributed by atoms with Crippen molar-refractivity contribution in [1.29, 1.82) is 0 Å². The van der Waals surface area contributed by atoms with Crippen LogP contribution in [0.3, 0.4) is 0 Å². The molecule has 0 aliphatic rings. The van der Waals surface area contributed by atoms with Crippen LogP contribution in [0.25, 0.3) is 0 Å². The van der Waals surface area contributed by atoms with Crippen LogP contribution in [-0.2, 0) is 0 Å². The van der Waals surface area contributed by atoms with Gasteiger partial charge < -0.3 is 10.6 Å². The zero-order valence-electron chi connectivity index (χ0n) is 12.3. The summed E-state index contributed by atoms with van der Waals surface area (Å²) < 4.78 is 0. The Bertz CT molecular complexity index is 410. The molecule has 0 aliphatic carbocycles. The minimum atomic E-state index is 0.442. The molecule has 0 saturated carbocycles. The van der Waals surface area contributed by atoms with Crippen molar-refractivity contribution in [2.24, 2.45) is 5.73 Å². The predicted molar refractivity (Wildman–Crippen MR) is 86.9 cm³/mol. The number of pyridine rings is 1. The average Bonchev–Trinajstić information content (AvgIpc) is 2.38. The molecule has 0 aromatic carbocycles. The lowest BCUT2D eigenvalue weighted by Crippen LogP contribution is -2.27. The number of unbranched alkanes of at least 4 members (excludes halogenated alkanes) is 2. The molecule has 0 atom stereocenters. The molecule has 3 nitrogen and oxygen atoms in total. The van der Waals surface area contributed by atoms with Crippen molar-refractivity contribution in [3.8, 4) is 0 Å². The maximum Gasteiger partial charge on any atom is 0.129 e. The molecule has 0 amide bonds. The van der Waals surface area contributed by atoms with E-state index in [0.29, 0.717) is 4.99 Å². The van der Waals surface area contributed by atoms with Crippen LogP contribution in [0, 0.1) is 6.92 Å². The van der Waals surface area contributed by atoms with Gasteiger partial charge in [0.15, 0.2) is 0 Å². The number of nitrogens with zero attached hydrogens (tertiary/aromatic N) is 2.